The molecular formula is C10H17NO2S. The highest BCUT2D eigenvalue weighted by molar-refractivity contribution is 7.13. The van der Waals surface area contributed by atoms with E-state index in [-0.39, 0.29) is 5.41 Å². The SMILES string of the molecule is COc1ncc(C(C)(O)C(C)(C)C)s1. The number of nitrogens with zero attached hydrogens (tertiary/aromatic N) is 1. The van der Waals surface area contributed by atoms with Crippen LogP contribution in [-0.2, 0) is 5.60 Å². The molecule has 3 nitrogen and oxygen atoms in total. The monoisotopic (exact) mass is 215 g/mol. The summed E-state index contributed by atoms with van der Waals surface area (Å²) in [6.45, 7) is 7.80. The summed E-state index contributed by atoms with van der Waals surface area (Å²) in [5, 5.41) is 10.9. The second-order valence-electron chi connectivity index (χ2n) is 4.52. The third-order valence-electron chi connectivity index (χ3n) is 2.60. The highest BCUT2D eigenvalue weighted by atomic mass is 32.1. The highest BCUT2D eigenvalue weighted by Crippen LogP contribution is 2.42. The van der Waals surface area contributed by atoms with Gasteiger partial charge in [0.25, 0.3) is 5.19 Å². The molecule has 0 fully saturated rings. The number of thiazole rings is 1. The smallest absolute Gasteiger partial charge is 0.273 e. The molecule has 4 heteroatoms. The van der Waals surface area contributed by atoms with Crippen molar-refractivity contribution in [1.29, 1.82) is 0 Å². The molecule has 0 aliphatic carbocycles. The fourth-order valence-electron chi connectivity index (χ4n) is 0.947. The Morgan fingerprint density at radius 2 is 1.93 bits per heavy atom. The van der Waals surface area contributed by atoms with Gasteiger partial charge >= 0.3 is 0 Å². The van der Waals surface area contributed by atoms with Gasteiger partial charge in [0.05, 0.1) is 12.0 Å². The van der Waals surface area contributed by atoms with Gasteiger partial charge in [0.2, 0.25) is 0 Å². The maximum atomic E-state index is 10.3. The lowest BCUT2D eigenvalue weighted by Crippen LogP contribution is -2.35. The second-order valence-corrected chi connectivity index (χ2v) is 5.51. The fourth-order valence-corrected chi connectivity index (χ4v) is 1.93. The van der Waals surface area contributed by atoms with Gasteiger partial charge in [-0.3, -0.25) is 0 Å². The normalized spacial score (nSPS) is 16.4. The van der Waals surface area contributed by atoms with Crippen LogP contribution in [0.4, 0.5) is 0 Å². The van der Waals surface area contributed by atoms with E-state index in [9.17, 15) is 5.11 Å². The van der Waals surface area contributed by atoms with E-state index in [1.807, 2.05) is 20.8 Å². The number of aliphatic hydroxyl groups is 1. The first-order chi connectivity index (χ1) is 6.29. The van der Waals surface area contributed by atoms with Gasteiger partial charge < -0.3 is 9.84 Å². The van der Waals surface area contributed by atoms with Crippen molar-refractivity contribution in [2.24, 2.45) is 5.41 Å². The Morgan fingerprint density at radius 1 is 1.36 bits per heavy atom. The molecule has 80 valence electrons. The second kappa shape index (κ2) is 3.51. The molecule has 0 amide bonds. The van der Waals surface area contributed by atoms with E-state index in [0.29, 0.717) is 5.19 Å². The zero-order valence-electron chi connectivity index (χ0n) is 9.29. The average molecular weight is 215 g/mol. The molecule has 1 rings (SSSR count). The summed E-state index contributed by atoms with van der Waals surface area (Å²) in [4.78, 5) is 4.89. The first kappa shape index (κ1) is 11.5. The van der Waals surface area contributed by atoms with Crippen LogP contribution in [0.2, 0.25) is 0 Å². The van der Waals surface area contributed by atoms with Gasteiger partial charge in [-0.15, -0.1) is 0 Å². The number of methoxy groups -OCH3 is 1. The Kier molecular flexibility index (Phi) is 2.88. The van der Waals surface area contributed by atoms with Crippen molar-refractivity contribution in [2.75, 3.05) is 7.11 Å². The topological polar surface area (TPSA) is 42.4 Å². The van der Waals surface area contributed by atoms with Crippen molar-refractivity contribution >= 4 is 11.3 Å². The molecule has 0 aliphatic rings. The molecule has 0 radical (unpaired) electrons. The van der Waals surface area contributed by atoms with Gasteiger partial charge in [-0.2, -0.15) is 0 Å². The van der Waals surface area contributed by atoms with Gasteiger partial charge in [0.15, 0.2) is 0 Å². The number of rotatable bonds is 2. The first-order valence-corrected chi connectivity index (χ1v) is 5.33. The molecule has 1 heterocycles. The maximum Gasteiger partial charge on any atom is 0.273 e. The highest BCUT2D eigenvalue weighted by Gasteiger charge is 2.38. The first-order valence-electron chi connectivity index (χ1n) is 4.51. The summed E-state index contributed by atoms with van der Waals surface area (Å²) in [5.74, 6) is 0. The Morgan fingerprint density at radius 3 is 2.29 bits per heavy atom. The summed E-state index contributed by atoms with van der Waals surface area (Å²) < 4.78 is 5.00. The van der Waals surface area contributed by atoms with Crippen molar-refractivity contribution in [3.63, 3.8) is 0 Å². The number of ether oxygens (including phenoxy) is 1. The van der Waals surface area contributed by atoms with Crippen molar-refractivity contribution in [1.82, 2.24) is 4.98 Å². The minimum absolute atomic E-state index is 0.218. The molecule has 1 aromatic rings. The summed E-state index contributed by atoms with van der Waals surface area (Å²) in [6.07, 6.45) is 1.68. The zero-order chi connectivity index (χ0) is 11.0. The molecule has 0 saturated carbocycles. The lowest BCUT2D eigenvalue weighted by molar-refractivity contribution is -0.0439. The van der Waals surface area contributed by atoms with Crippen molar-refractivity contribution in [3.05, 3.63) is 11.1 Å². The van der Waals surface area contributed by atoms with Crippen molar-refractivity contribution in [3.8, 4) is 5.19 Å². The lowest BCUT2D eigenvalue weighted by Gasteiger charge is -2.35. The predicted octanol–water partition coefficient (Wildman–Crippen LogP) is 2.41. The lowest BCUT2D eigenvalue weighted by atomic mass is 9.77. The van der Waals surface area contributed by atoms with E-state index in [1.165, 1.54) is 11.3 Å². The third kappa shape index (κ3) is 1.91. The standard InChI is InChI=1S/C10H17NO2S/c1-9(2,3)10(4,12)7-6-11-8(13-5)14-7/h6,12H,1-5H3. The molecule has 1 aromatic heterocycles. The molecule has 1 unspecified atom stereocenters. The number of aromatic nitrogens is 1. The van der Waals surface area contributed by atoms with Crippen molar-refractivity contribution in [2.45, 2.75) is 33.3 Å². The molecule has 0 aromatic carbocycles. The van der Waals surface area contributed by atoms with Gasteiger partial charge in [-0.05, 0) is 12.3 Å². The van der Waals surface area contributed by atoms with Gasteiger partial charge in [0.1, 0.15) is 5.60 Å². The van der Waals surface area contributed by atoms with E-state index in [4.69, 9.17) is 4.74 Å². The Hall–Kier alpha value is -0.610. The number of hydrogen-bond donors (Lipinski definition) is 1. The van der Waals surface area contributed by atoms with Crippen LogP contribution >= 0.6 is 11.3 Å². The fraction of sp³-hybridized carbons (Fsp3) is 0.700. The van der Waals surface area contributed by atoms with Crippen LogP contribution in [0.15, 0.2) is 6.20 Å². The predicted molar refractivity (Wildman–Crippen MR) is 57.7 cm³/mol. The van der Waals surface area contributed by atoms with Gasteiger partial charge in [0, 0.05) is 6.20 Å². The molecule has 0 aliphatic heterocycles. The third-order valence-corrected chi connectivity index (χ3v) is 3.77. The number of hydrogen-bond acceptors (Lipinski definition) is 4. The molecule has 0 bridgehead atoms. The van der Waals surface area contributed by atoms with Gasteiger partial charge in [-0.1, -0.05) is 32.1 Å². The summed E-state index contributed by atoms with van der Waals surface area (Å²) >= 11 is 1.38. The van der Waals surface area contributed by atoms with E-state index in [1.54, 1.807) is 20.2 Å². The zero-order valence-corrected chi connectivity index (χ0v) is 10.1. The molecule has 0 saturated heterocycles. The minimum atomic E-state index is -0.874. The van der Waals surface area contributed by atoms with Crippen LogP contribution < -0.4 is 4.74 Å². The Balaban J connectivity index is 3.04. The molecule has 14 heavy (non-hydrogen) atoms. The largest absolute Gasteiger partial charge is 0.473 e. The van der Waals surface area contributed by atoms with Gasteiger partial charge in [-0.25, -0.2) is 4.98 Å². The minimum Gasteiger partial charge on any atom is -0.473 e. The van der Waals surface area contributed by atoms with Crippen LogP contribution in [0.25, 0.3) is 0 Å². The summed E-state index contributed by atoms with van der Waals surface area (Å²) in [7, 11) is 1.58. The Labute approximate surface area is 88.8 Å². The maximum absolute atomic E-state index is 10.3. The molecule has 1 atom stereocenters. The Bertz CT molecular complexity index is 312. The van der Waals surface area contributed by atoms with E-state index < -0.39 is 5.60 Å². The molecule has 0 spiro atoms. The molecule has 1 N–H and O–H groups in total. The molecular weight excluding hydrogens is 198 g/mol. The van der Waals surface area contributed by atoms with Crippen LogP contribution in [0.1, 0.15) is 32.6 Å². The van der Waals surface area contributed by atoms with Crippen LogP contribution in [0, 0.1) is 5.41 Å². The van der Waals surface area contributed by atoms with Crippen LogP contribution in [0.3, 0.4) is 0 Å². The van der Waals surface area contributed by atoms with E-state index in [2.05, 4.69) is 4.98 Å². The average Bonchev–Trinajstić information content (AvgIpc) is 2.49. The van der Waals surface area contributed by atoms with Crippen LogP contribution in [0.5, 0.6) is 5.19 Å². The van der Waals surface area contributed by atoms with E-state index >= 15 is 0 Å². The van der Waals surface area contributed by atoms with Crippen molar-refractivity contribution < 1.29 is 9.84 Å². The summed E-state index contributed by atoms with van der Waals surface area (Å²) in [6, 6.07) is 0. The summed E-state index contributed by atoms with van der Waals surface area (Å²) in [5.41, 5.74) is -1.09. The quantitative estimate of drug-likeness (QED) is 0.823. The van der Waals surface area contributed by atoms with E-state index in [0.717, 1.165) is 4.88 Å². The van der Waals surface area contributed by atoms with Crippen LogP contribution in [-0.4, -0.2) is 17.2 Å².